The van der Waals surface area contributed by atoms with Crippen LogP contribution < -0.4 is 10.6 Å². The van der Waals surface area contributed by atoms with E-state index >= 15 is 0 Å². The maximum Gasteiger partial charge on any atom is 0.314 e. The van der Waals surface area contributed by atoms with Gasteiger partial charge < -0.3 is 20.5 Å². The zero-order chi connectivity index (χ0) is 15.7. The molecule has 0 bridgehead atoms. The molecule has 0 radical (unpaired) electrons. The van der Waals surface area contributed by atoms with Crippen LogP contribution >= 0.6 is 0 Å². The summed E-state index contributed by atoms with van der Waals surface area (Å²) in [6.45, 7) is 0.459. The molecule has 0 heterocycles. The average Bonchev–Trinajstić information content (AvgIpc) is 2.43. The second-order valence-corrected chi connectivity index (χ2v) is 4.47. The molecule has 21 heavy (non-hydrogen) atoms. The second kappa shape index (κ2) is 8.91. The molecular formula is C14H19FN2O4. The Labute approximate surface area is 122 Å². The van der Waals surface area contributed by atoms with Crippen LogP contribution in [0.25, 0.3) is 0 Å². The number of ether oxygens (including phenoxy) is 1. The Hall–Kier alpha value is -2.15. The third kappa shape index (κ3) is 7.26. The first-order chi connectivity index (χ1) is 10.0. The van der Waals surface area contributed by atoms with Crippen molar-refractivity contribution < 1.29 is 23.8 Å². The highest BCUT2D eigenvalue weighted by Gasteiger charge is 2.13. The standard InChI is InChI=1S/C14H19FN2O4/c1-21-12(8-13(18)19)9-17-14(20)16-6-5-10-3-2-4-11(15)7-10/h2-4,7,12H,5-6,8-9H2,1H3,(H,18,19)(H2,16,17,20). The van der Waals surface area contributed by atoms with Crippen LogP contribution in [-0.4, -0.2) is 43.4 Å². The number of hydrogen-bond acceptors (Lipinski definition) is 3. The van der Waals surface area contributed by atoms with E-state index in [1.807, 2.05) is 0 Å². The van der Waals surface area contributed by atoms with Crippen LogP contribution in [0.1, 0.15) is 12.0 Å². The molecule has 1 aromatic rings. The Morgan fingerprint density at radius 3 is 2.76 bits per heavy atom. The molecule has 6 nitrogen and oxygen atoms in total. The van der Waals surface area contributed by atoms with E-state index in [0.717, 1.165) is 5.56 Å². The minimum Gasteiger partial charge on any atom is -0.481 e. The Morgan fingerprint density at radius 2 is 2.14 bits per heavy atom. The summed E-state index contributed by atoms with van der Waals surface area (Å²) >= 11 is 0. The molecule has 116 valence electrons. The molecule has 1 aromatic carbocycles. The third-order valence-corrected chi connectivity index (χ3v) is 2.81. The van der Waals surface area contributed by atoms with Gasteiger partial charge in [-0.1, -0.05) is 12.1 Å². The van der Waals surface area contributed by atoms with Gasteiger partial charge in [0.05, 0.1) is 12.5 Å². The van der Waals surface area contributed by atoms with Crippen LogP contribution in [-0.2, 0) is 16.0 Å². The zero-order valence-electron chi connectivity index (χ0n) is 11.8. The molecular weight excluding hydrogens is 279 g/mol. The number of carbonyl (C=O) groups excluding carboxylic acids is 1. The van der Waals surface area contributed by atoms with Gasteiger partial charge >= 0.3 is 12.0 Å². The van der Waals surface area contributed by atoms with E-state index < -0.39 is 18.1 Å². The smallest absolute Gasteiger partial charge is 0.314 e. The molecule has 2 amide bonds. The average molecular weight is 298 g/mol. The summed E-state index contributed by atoms with van der Waals surface area (Å²) in [5, 5.41) is 13.8. The van der Waals surface area contributed by atoms with E-state index in [2.05, 4.69) is 10.6 Å². The number of urea groups is 1. The van der Waals surface area contributed by atoms with Crippen molar-refractivity contribution in [1.29, 1.82) is 0 Å². The van der Waals surface area contributed by atoms with Crippen LogP contribution in [0.2, 0.25) is 0 Å². The molecule has 1 unspecified atom stereocenters. The number of carbonyl (C=O) groups is 2. The van der Waals surface area contributed by atoms with Gasteiger partial charge in [-0.15, -0.1) is 0 Å². The summed E-state index contributed by atoms with van der Waals surface area (Å²) < 4.78 is 17.9. The minimum atomic E-state index is -0.991. The Bertz CT molecular complexity index is 482. The molecule has 0 aliphatic carbocycles. The number of aliphatic carboxylic acids is 1. The fourth-order valence-corrected chi connectivity index (χ4v) is 1.72. The summed E-state index contributed by atoms with van der Waals surface area (Å²) in [6, 6.07) is 5.74. The number of carboxylic acids is 1. The fraction of sp³-hybridized carbons (Fsp3) is 0.429. The SMILES string of the molecule is COC(CNC(=O)NCCc1cccc(F)c1)CC(=O)O. The van der Waals surface area contributed by atoms with Gasteiger partial charge in [-0.05, 0) is 24.1 Å². The van der Waals surface area contributed by atoms with Gasteiger partial charge in [0.2, 0.25) is 0 Å². The number of rotatable bonds is 8. The van der Waals surface area contributed by atoms with Crippen molar-refractivity contribution in [2.75, 3.05) is 20.2 Å². The minimum absolute atomic E-state index is 0.106. The number of hydrogen-bond donors (Lipinski definition) is 3. The van der Waals surface area contributed by atoms with E-state index in [4.69, 9.17) is 9.84 Å². The van der Waals surface area contributed by atoms with E-state index in [1.54, 1.807) is 12.1 Å². The number of methoxy groups -OCH3 is 1. The molecule has 7 heteroatoms. The van der Waals surface area contributed by atoms with Crippen LogP contribution in [0, 0.1) is 5.82 Å². The maximum absolute atomic E-state index is 12.9. The number of benzene rings is 1. The fourth-order valence-electron chi connectivity index (χ4n) is 1.72. The second-order valence-electron chi connectivity index (χ2n) is 4.47. The van der Waals surface area contributed by atoms with Crippen molar-refractivity contribution in [2.24, 2.45) is 0 Å². The number of nitrogens with one attached hydrogen (secondary N) is 2. The molecule has 0 fully saturated rings. The first-order valence-electron chi connectivity index (χ1n) is 6.52. The largest absolute Gasteiger partial charge is 0.481 e. The van der Waals surface area contributed by atoms with Crippen molar-refractivity contribution in [2.45, 2.75) is 18.9 Å². The van der Waals surface area contributed by atoms with Gasteiger partial charge in [0, 0.05) is 20.2 Å². The van der Waals surface area contributed by atoms with Crippen LogP contribution in [0.15, 0.2) is 24.3 Å². The van der Waals surface area contributed by atoms with Crippen LogP contribution in [0.4, 0.5) is 9.18 Å². The van der Waals surface area contributed by atoms with Gasteiger partial charge in [-0.3, -0.25) is 4.79 Å². The maximum atomic E-state index is 12.9. The van der Waals surface area contributed by atoms with Crippen molar-refractivity contribution in [3.05, 3.63) is 35.6 Å². The van der Waals surface area contributed by atoms with Gasteiger partial charge in [0.1, 0.15) is 5.82 Å². The Morgan fingerprint density at radius 1 is 1.38 bits per heavy atom. The summed E-state index contributed by atoms with van der Waals surface area (Å²) in [4.78, 5) is 22.0. The lowest BCUT2D eigenvalue weighted by Crippen LogP contribution is -2.41. The van der Waals surface area contributed by atoms with Crippen molar-refractivity contribution in [3.8, 4) is 0 Å². The molecule has 0 spiro atoms. The predicted molar refractivity (Wildman–Crippen MR) is 74.6 cm³/mol. The predicted octanol–water partition coefficient (Wildman–Crippen LogP) is 1.16. The van der Waals surface area contributed by atoms with E-state index in [9.17, 15) is 14.0 Å². The summed E-state index contributed by atoms with van der Waals surface area (Å²) in [5.41, 5.74) is 0.788. The molecule has 0 saturated heterocycles. The van der Waals surface area contributed by atoms with Gasteiger partial charge in [0.15, 0.2) is 0 Å². The zero-order valence-corrected chi connectivity index (χ0v) is 11.8. The molecule has 0 aromatic heterocycles. The topological polar surface area (TPSA) is 87.7 Å². The van der Waals surface area contributed by atoms with Crippen molar-refractivity contribution >= 4 is 12.0 Å². The number of amides is 2. The molecule has 0 aliphatic rings. The van der Waals surface area contributed by atoms with Gasteiger partial charge in [0.25, 0.3) is 0 Å². The van der Waals surface area contributed by atoms with Gasteiger partial charge in [-0.25, -0.2) is 9.18 Å². The van der Waals surface area contributed by atoms with Crippen LogP contribution in [0.3, 0.4) is 0 Å². The Balaban J connectivity index is 2.23. The lowest BCUT2D eigenvalue weighted by atomic mass is 10.1. The molecule has 0 aliphatic heterocycles. The van der Waals surface area contributed by atoms with E-state index in [0.29, 0.717) is 13.0 Å². The molecule has 0 saturated carbocycles. The van der Waals surface area contributed by atoms with E-state index in [1.165, 1.54) is 19.2 Å². The first kappa shape index (κ1) is 16.9. The monoisotopic (exact) mass is 298 g/mol. The quantitative estimate of drug-likeness (QED) is 0.672. The molecule has 1 rings (SSSR count). The first-order valence-corrected chi connectivity index (χ1v) is 6.52. The summed E-state index contributed by atoms with van der Waals surface area (Å²) in [7, 11) is 1.39. The Kier molecular flexibility index (Phi) is 7.17. The normalized spacial score (nSPS) is 11.7. The highest BCUT2D eigenvalue weighted by molar-refractivity contribution is 5.74. The molecule has 3 N–H and O–H groups in total. The van der Waals surface area contributed by atoms with Crippen LogP contribution in [0.5, 0.6) is 0 Å². The highest BCUT2D eigenvalue weighted by atomic mass is 19.1. The van der Waals surface area contributed by atoms with E-state index in [-0.39, 0.29) is 18.8 Å². The third-order valence-electron chi connectivity index (χ3n) is 2.81. The number of halogens is 1. The summed E-state index contributed by atoms with van der Waals surface area (Å²) in [5.74, 6) is -1.30. The van der Waals surface area contributed by atoms with Crippen molar-refractivity contribution in [1.82, 2.24) is 10.6 Å². The van der Waals surface area contributed by atoms with Crippen molar-refractivity contribution in [3.63, 3.8) is 0 Å². The highest BCUT2D eigenvalue weighted by Crippen LogP contribution is 2.03. The summed E-state index contributed by atoms with van der Waals surface area (Å²) in [6.07, 6.45) is -0.245. The number of carboxylic acid groups (broad SMARTS) is 1. The lowest BCUT2D eigenvalue weighted by molar-refractivity contribution is -0.139. The lowest BCUT2D eigenvalue weighted by Gasteiger charge is -2.14. The van der Waals surface area contributed by atoms with Gasteiger partial charge in [-0.2, -0.15) is 0 Å². The molecule has 1 atom stereocenters.